The number of hydrogen-bond donors (Lipinski definition) is 2. The Balaban J connectivity index is 2.17. The second-order valence-corrected chi connectivity index (χ2v) is 6.09. The van der Waals surface area contributed by atoms with Crippen LogP contribution in [0.4, 0.5) is 24.9 Å². The van der Waals surface area contributed by atoms with Gasteiger partial charge < -0.3 is 10.6 Å². The molecule has 0 radical (unpaired) electrons. The molecular formula is C13H19F3N4S. The van der Waals surface area contributed by atoms with Crippen LogP contribution in [0.1, 0.15) is 31.9 Å². The summed E-state index contributed by atoms with van der Waals surface area (Å²) in [5.41, 5.74) is -0.915. The van der Waals surface area contributed by atoms with Crippen molar-refractivity contribution in [3.8, 4) is 0 Å². The highest BCUT2D eigenvalue weighted by Gasteiger charge is 2.34. The quantitative estimate of drug-likeness (QED) is 0.868. The van der Waals surface area contributed by atoms with Gasteiger partial charge in [-0.05, 0) is 25.0 Å². The van der Waals surface area contributed by atoms with Crippen molar-refractivity contribution in [2.75, 3.05) is 28.7 Å². The topological polar surface area (TPSA) is 49.8 Å². The third-order valence-electron chi connectivity index (χ3n) is 3.06. The first kappa shape index (κ1) is 16.2. The van der Waals surface area contributed by atoms with Gasteiger partial charge in [0, 0.05) is 24.4 Å². The maximum Gasteiger partial charge on any atom is 0.433 e. The van der Waals surface area contributed by atoms with Crippen molar-refractivity contribution in [1.29, 1.82) is 0 Å². The molecule has 2 N–H and O–H groups in total. The standard InChI is InChI=1S/C13H19F3N4S/c1-2-5-17-12-19-10(13(14,15)16)7-11(20-12)18-9-4-3-6-21-8-9/h7,9H,2-6,8H2,1H3,(H2,17,18,19,20). The van der Waals surface area contributed by atoms with Gasteiger partial charge in [-0.15, -0.1) is 0 Å². The molecule has 1 aliphatic rings. The Bertz CT molecular complexity index is 461. The number of alkyl halides is 3. The van der Waals surface area contributed by atoms with E-state index in [0.29, 0.717) is 6.54 Å². The molecule has 0 aromatic carbocycles. The summed E-state index contributed by atoms with van der Waals surface area (Å²) in [5, 5.41) is 5.92. The summed E-state index contributed by atoms with van der Waals surface area (Å²) in [4.78, 5) is 7.68. The molecule has 0 spiro atoms. The van der Waals surface area contributed by atoms with Crippen LogP contribution in [0, 0.1) is 0 Å². The minimum atomic E-state index is -4.47. The zero-order valence-electron chi connectivity index (χ0n) is 11.8. The molecule has 1 saturated heterocycles. The fourth-order valence-electron chi connectivity index (χ4n) is 2.05. The number of hydrogen-bond acceptors (Lipinski definition) is 5. The lowest BCUT2D eigenvalue weighted by atomic mass is 10.2. The van der Waals surface area contributed by atoms with Crippen LogP contribution in [0.15, 0.2) is 6.07 Å². The van der Waals surface area contributed by atoms with Gasteiger partial charge in [-0.1, -0.05) is 6.92 Å². The van der Waals surface area contributed by atoms with Gasteiger partial charge in [0.2, 0.25) is 5.95 Å². The predicted molar refractivity (Wildman–Crippen MR) is 79.8 cm³/mol. The second kappa shape index (κ2) is 7.20. The fourth-order valence-corrected chi connectivity index (χ4v) is 3.12. The summed E-state index contributed by atoms with van der Waals surface area (Å²) in [6, 6.07) is 1.15. The summed E-state index contributed by atoms with van der Waals surface area (Å²) >= 11 is 1.81. The molecule has 2 rings (SSSR count). The first-order valence-electron chi connectivity index (χ1n) is 7.03. The fraction of sp³-hybridized carbons (Fsp3) is 0.692. The van der Waals surface area contributed by atoms with E-state index in [1.807, 2.05) is 6.92 Å². The van der Waals surface area contributed by atoms with Crippen LogP contribution in [0.2, 0.25) is 0 Å². The molecule has 1 aliphatic heterocycles. The maximum absolute atomic E-state index is 12.9. The third kappa shape index (κ3) is 4.94. The molecule has 1 aromatic heterocycles. The van der Waals surface area contributed by atoms with Gasteiger partial charge in [-0.25, -0.2) is 4.98 Å². The molecule has 1 fully saturated rings. The van der Waals surface area contributed by atoms with Crippen LogP contribution in [0.25, 0.3) is 0 Å². The molecule has 118 valence electrons. The third-order valence-corrected chi connectivity index (χ3v) is 4.28. The number of aromatic nitrogens is 2. The SMILES string of the molecule is CCCNc1nc(NC2CCCSC2)cc(C(F)(F)F)n1. The molecule has 0 bridgehead atoms. The van der Waals surface area contributed by atoms with E-state index >= 15 is 0 Å². The van der Waals surface area contributed by atoms with Gasteiger partial charge in [0.05, 0.1) is 0 Å². The average Bonchev–Trinajstić information content (AvgIpc) is 2.45. The van der Waals surface area contributed by atoms with Crippen LogP contribution in [-0.4, -0.2) is 34.1 Å². The highest BCUT2D eigenvalue weighted by molar-refractivity contribution is 7.99. The average molecular weight is 320 g/mol. The molecule has 0 saturated carbocycles. The molecule has 21 heavy (non-hydrogen) atoms. The van der Waals surface area contributed by atoms with E-state index in [0.717, 1.165) is 36.8 Å². The van der Waals surface area contributed by atoms with E-state index in [-0.39, 0.29) is 17.8 Å². The van der Waals surface area contributed by atoms with E-state index < -0.39 is 11.9 Å². The lowest BCUT2D eigenvalue weighted by Crippen LogP contribution is -2.27. The number of anilines is 2. The van der Waals surface area contributed by atoms with Crippen LogP contribution in [0.3, 0.4) is 0 Å². The van der Waals surface area contributed by atoms with Crippen LogP contribution < -0.4 is 10.6 Å². The molecule has 2 heterocycles. The molecule has 0 aliphatic carbocycles. The predicted octanol–water partition coefficient (Wildman–Crippen LogP) is 3.62. The summed E-state index contributed by atoms with van der Waals surface area (Å²) in [6.45, 7) is 2.47. The Kier molecular flexibility index (Phi) is 5.55. The van der Waals surface area contributed by atoms with Gasteiger partial charge in [0.15, 0.2) is 5.69 Å². The Morgan fingerprint density at radius 2 is 2.19 bits per heavy atom. The molecule has 8 heteroatoms. The Labute approximate surface area is 126 Å². The minimum absolute atomic E-state index is 0.0256. The van der Waals surface area contributed by atoms with Gasteiger partial charge in [-0.3, -0.25) is 0 Å². The van der Waals surface area contributed by atoms with E-state index in [4.69, 9.17) is 0 Å². The van der Waals surface area contributed by atoms with Crippen LogP contribution >= 0.6 is 11.8 Å². The molecule has 0 amide bonds. The van der Waals surface area contributed by atoms with Gasteiger partial charge in [0.1, 0.15) is 5.82 Å². The highest BCUT2D eigenvalue weighted by Crippen LogP contribution is 2.30. The summed E-state index contributed by atoms with van der Waals surface area (Å²) in [5.74, 6) is 2.27. The van der Waals surface area contributed by atoms with Crippen molar-refractivity contribution in [2.24, 2.45) is 0 Å². The van der Waals surface area contributed by atoms with Crippen molar-refractivity contribution in [1.82, 2.24) is 9.97 Å². The van der Waals surface area contributed by atoms with Crippen LogP contribution in [0.5, 0.6) is 0 Å². The first-order valence-corrected chi connectivity index (χ1v) is 8.19. The lowest BCUT2D eigenvalue weighted by Gasteiger charge is -2.23. The normalized spacial score (nSPS) is 19.3. The lowest BCUT2D eigenvalue weighted by molar-refractivity contribution is -0.141. The Morgan fingerprint density at radius 1 is 1.38 bits per heavy atom. The van der Waals surface area contributed by atoms with Gasteiger partial charge in [0.25, 0.3) is 0 Å². The maximum atomic E-state index is 12.9. The largest absolute Gasteiger partial charge is 0.433 e. The molecular weight excluding hydrogens is 301 g/mol. The molecule has 4 nitrogen and oxygen atoms in total. The zero-order valence-corrected chi connectivity index (χ0v) is 12.7. The smallest absolute Gasteiger partial charge is 0.366 e. The van der Waals surface area contributed by atoms with Crippen molar-refractivity contribution < 1.29 is 13.2 Å². The molecule has 1 unspecified atom stereocenters. The van der Waals surface area contributed by atoms with Crippen molar-refractivity contribution >= 4 is 23.5 Å². The second-order valence-electron chi connectivity index (χ2n) is 4.94. The number of nitrogens with one attached hydrogen (secondary N) is 2. The Hall–Kier alpha value is -1.18. The molecule has 1 atom stereocenters. The number of thioether (sulfide) groups is 1. The van der Waals surface area contributed by atoms with Gasteiger partial charge in [-0.2, -0.15) is 29.9 Å². The summed E-state index contributed by atoms with van der Waals surface area (Å²) < 4.78 is 38.7. The monoisotopic (exact) mass is 320 g/mol. The van der Waals surface area contributed by atoms with Crippen molar-refractivity contribution in [3.63, 3.8) is 0 Å². The minimum Gasteiger partial charge on any atom is -0.366 e. The zero-order chi connectivity index (χ0) is 15.3. The van der Waals surface area contributed by atoms with Crippen molar-refractivity contribution in [2.45, 2.75) is 38.4 Å². The summed E-state index contributed by atoms with van der Waals surface area (Å²) in [6.07, 6.45) is -1.65. The Morgan fingerprint density at radius 3 is 2.81 bits per heavy atom. The number of nitrogens with zero attached hydrogens (tertiary/aromatic N) is 2. The van der Waals surface area contributed by atoms with E-state index in [1.54, 1.807) is 11.8 Å². The van der Waals surface area contributed by atoms with E-state index in [2.05, 4.69) is 20.6 Å². The molecule has 1 aromatic rings. The first-order chi connectivity index (χ1) is 9.99. The number of rotatable bonds is 5. The summed E-state index contributed by atoms with van der Waals surface area (Å²) in [7, 11) is 0. The van der Waals surface area contributed by atoms with E-state index in [1.165, 1.54) is 0 Å². The van der Waals surface area contributed by atoms with Crippen LogP contribution in [-0.2, 0) is 6.18 Å². The highest BCUT2D eigenvalue weighted by atomic mass is 32.2. The van der Waals surface area contributed by atoms with Gasteiger partial charge >= 0.3 is 6.18 Å². The van der Waals surface area contributed by atoms with Crippen molar-refractivity contribution in [3.05, 3.63) is 11.8 Å². The van der Waals surface area contributed by atoms with E-state index in [9.17, 15) is 13.2 Å². The number of halogens is 3.